The number of nitrogens with one attached hydrogen (secondary N) is 3. The third kappa shape index (κ3) is 7.14. The van der Waals surface area contributed by atoms with Crippen LogP contribution >= 0.6 is 0 Å². The van der Waals surface area contributed by atoms with E-state index in [0.717, 1.165) is 31.4 Å². The Morgan fingerprint density at radius 2 is 1.75 bits per heavy atom. The van der Waals surface area contributed by atoms with Gasteiger partial charge in [0.1, 0.15) is 0 Å². The lowest BCUT2D eigenvalue weighted by Crippen LogP contribution is -2.30. The van der Waals surface area contributed by atoms with Crippen LogP contribution < -0.4 is 16.0 Å². The maximum atomic E-state index is 12.8. The number of halogens is 3. The fourth-order valence-corrected chi connectivity index (χ4v) is 3.49. The zero-order valence-electron chi connectivity index (χ0n) is 17.6. The predicted octanol–water partition coefficient (Wildman–Crippen LogP) is 5.38. The van der Waals surface area contributed by atoms with E-state index in [-0.39, 0.29) is 23.7 Å². The topological polar surface area (TPSA) is 70.2 Å². The Hall–Kier alpha value is -3.29. The number of hydrogen-bond acceptors (Lipinski definition) is 3. The molecular weight excluding hydrogens is 419 g/mol. The van der Waals surface area contributed by atoms with E-state index in [9.17, 15) is 22.8 Å². The maximum Gasteiger partial charge on any atom is 0.416 e. The molecule has 0 aromatic heterocycles. The Balaban J connectivity index is 1.49. The molecule has 8 heteroatoms. The summed E-state index contributed by atoms with van der Waals surface area (Å²) in [5.41, 5.74) is 1.43. The molecule has 170 valence electrons. The van der Waals surface area contributed by atoms with Crippen molar-refractivity contribution in [3.63, 3.8) is 0 Å². The summed E-state index contributed by atoms with van der Waals surface area (Å²) in [6, 6.07) is 10.9. The fourth-order valence-electron chi connectivity index (χ4n) is 3.49. The highest BCUT2D eigenvalue weighted by molar-refractivity contribution is 6.04. The molecule has 3 rings (SSSR count). The van der Waals surface area contributed by atoms with Gasteiger partial charge in [0, 0.05) is 23.5 Å². The van der Waals surface area contributed by atoms with Crippen LogP contribution in [0.5, 0.6) is 0 Å². The van der Waals surface area contributed by atoms with E-state index < -0.39 is 17.6 Å². The van der Waals surface area contributed by atoms with E-state index in [1.165, 1.54) is 30.5 Å². The van der Waals surface area contributed by atoms with Crippen LogP contribution in [0.2, 0.25) is 0 Å². The summed E-state index contributed by atoms with van der Waals surface area (Å²) in [6.07, 6.45) is 3.28. The van der Waals surface area contributed by atoms with Crippen LogP contribution in [0.25, 0.3) is 0 Å². The molecule has 0 heterocycles. The van der Waals surface area contributed by atoms with Gasteiger partial charge in [-0.1, -0.05) is 23.8 Å². The molecule has 32 heavy (non-hydrogen) atoms. The molecule has 1 aliphatic rings. The fraction of sp³-hybridized carbons (Fsp3) is 0.333. The lowest BCUT2D eigenvalue weighted by Gasteiger charge is -2.13. The van der Waals surface area contributed by atoms with Gasteiger partial charge in [-0.15, -0.1) is 0 Å². The molecule has 2 aromatic carbocycles. The molecule has 1 aliphatic carbocycles. The normalized spacial score (nSPS) is 13.8. The number of benzene rings is 2. The number of rotatable bonds is 8. The Morgan fingerprint density at radius 3 is 2.50 bits per heavy atom. The zero-order chi connectivity index (χ0) is 23.0. The van der Waals surface area contributed by atoms with Gasteiger partial charge < -0.3 is 16.0 Å². The third-order valence-electron chi connectivity index (χ3n) is 5.18. The average molecular weight is 445 g/mol. The standard InChI is InChI=1S/C24H26F3N3O2/c25-24(26,27)19-9-5-11-21(15-19)30-23(32)18-8-4-10-20(14-18)29-16-22(31)28-13-12-17-6-2-1-3-7-17/h4-6,8-11,14-15,29H,1-3,7,12-13,16H2,(H,28,31)(H,30,32). The molecule has 0 bridgehead atoms. The molecule has 5 nitrogen and oxygen atoms in total. The highest BCUT2D eigenvalue weighted by Gasteiger charge is 2.30. The lowest BCUT2D eigenvalue weighted by atomic mass is 9.97. The van der Waals surface area contributed by atoms with Crippen LogP contribution in [0.3, 0.4) is 0 Å². The molecule has 2 amide bonds. The van der Waals surface area contributed by atoms with Crippen molar-refractivity contribution in [2.75, 3.05) is 23.7 Å². The van der Waals surface area contributed by atoms with Crippen molar-refractivity contribution >= 4 is 23.2 Å². The molecular formula is C24H26F3N3O2. The minimum absolute atomic E-state index is 0.0515. The van der Waals surface area contributed by atoms with Gasteiger partial charge in [0.2, 0.25) is 5.91 Å². The van der Waals surface area contributed by atoms with Gasteiger partial charge >= 0.3 is 6.18 Å². The van der Waals surface area contributed by atoms with Crippen molar-refractivity contribution in [1.29, 1.82) is 0 Å². The van der Waals surface area contributed by atoms with Gasteiger partial charge in [0.25, 0.3) is 5.91 Å². The Bertz CT molecular complexity index is 986. The summed E-state index contributed by atoms with van der Waals surface area (Å²) in [6.45, 7) is 0.642. The van der Waals surface area contributed by atoms with Crippen LogP contribution in [0.4, 0.5) is 24.5 Å². The summed E-state index contributed by atoms with van der Waals surface area (Å²) in [5, 5.41) is 8.31. The number of anilines is 2. The molecule has 0 spiro atoms. The number of carbonyl (C=O) groups excluding carboxylic acids is 2. The lowest BCUT2D eigenvalue weighted by molar-refractivity contribution is -0.137. The van der Waals surface area contributed by atoms with Crippen molar-refractivity contribution in [3.05, 3.63) is 71.3 Å². The second-order valence-electron chi connectivity index (χ2n) is 7.68. The van der Waals surface area contributed by atoms with Gasteiger partial charge in [-0.25, -0.2) is 0 Å². The molecule has 0 unspecified atom stereocenters. The quantitative estimate of drug-likeness (QED) is 0.478. The monoisotopic (exact) mass is 445 g/mol. The second-order valence-corrected chi connectivity index (χ2v) is 7.68. The van der Waals surface area contributed by atoms with E-state index >= 15 is 0 Å². The van der Waals surface area contributed by atoms with Gasteiger partial charge in [-0.3, -0.25) is 9.59 Å². The number of carbonyl (C=O) groups is 2. The number of alkyl halides is 3. The van der Waals surface area contributed by atoms with E-state index in [4.69, 9.17) is 0 Å². The Kier molecular flexibility index (Phi) is 7.92. The largest absolute Gasteiger partial charge is 0.416 e. The van der Waals surface area contributed by atoms with Crippen molar-refractivity contribution in [1.82, 2.24) is 5.32 Å². The van der Waals surface area contributed by atoms with E-state index in [1.54, 1.807) is 24.3 Å². The summed E-state index contributed by atoms with van der Waals surface area (Å²) in [5.74, 6) is -0.696. The number of hydrogen-bond donors (Lipinski definition) is 3. The average Bonchev–Trinajstić information content (AvgIpc) is 2.78. The van der Waals surface area contributed by atoms with E-state index in [2.05, 4.69) is 22.0 Å². The molecule has 0 saturated heterocycles. The van der Waals surface area contributed by atoms with Gasteiger partial charge in [0.05, 0.1) is 12.1 Å². The van der Waals surface area contributed by atoms with Crippen LogP contribution in [0, 0.1) is 0 Å². The summed E-state index contributed by atoms with van der Waals surface area (Å²) in [4.78, 5) is 24.5. The second kappa shape index (κ2) is 10.8. The minimum atomic E-state index is -4.49. The highest BCUT2D eigenvalue weighted by Crippen LogP contribution is 2.30. The first-order chi connectivity index (χ1) is 15.3. The van der Waals surface area contributed by atoms with Gasteiger partial charge in [-0.2, -0.15) is 13.2 Å². The first-order valence-corrected chi connectivity index (χ1v) is 10.6. The predicted molar refractivity (Wildman–Crippen MR) is 119 cm³/mol. The van der Waals surface area contributed by atoms with Crippen molar-refractivity contribution < 1.29 is 22.8 Å². The molecule has 0 fully saturated rings. The van der Waals surface area contributed by atoms with Crippen molar-refractivity contribution in [2.24, 2.45) is 0 Å². The Morgan fingerprint density at radius 1 is 0.969 bits per heavy atom. The molecule has 2 aromatic rings. The van der Waals surface area contributed by atoms with Gasteiger partial charge in [-0.05, 0) is 68.5 Å². The van der Waals surface area contributed by atoms with E-state index in [0.29, 0.717) is 12.2 Å². The first kappa shape index (κ1) is 23.4. The van der Waals surface area contributed by atoms with E-state index in [1.807, 2.05) is 0 Å². The van der Waals surface area contributed by atoms with Crippen LogP contribution in [-0.4, -0.2) is 24.9 Å². The summed E-state index contributed by atoms with van der Waals surface area (Å²) < 4.78 is 38.5. The van der Waals surface area contributed by atoms with Gasteiger partial charge in [0.15, 0.2) is 0 Å². The molecule has 3 N–H and O–H groups in total. The molecule has 0 aliphatic heterocycles. The number of amides is 2. The first-order valence-electron chi connectivity index (χ1n) is 10.6. The Labute approximate surface area is 185 Å². The smallest absolute Gasteiger partial charge is 0.376 e. The highest BCUT2D eigenvalue weighted by atomic mass is 19.4. The minimum Gasteiger partial charge on any atom is -0.376 e. The molecule has 0 atom stereocenters. The summed E-state index contributed by atoms with van der Waals surface area (Å²) >= 11 is 0. The molecule has 0 saturated carbocycles. The van der Waals surface area contributed by atoms with Crippen LogP contribution in [0.1, 0.15) is 48.0 Å². The van der Waals surface area contributed by atoms with Crippen molar-refractivity contribution in [3.8, 4) is 0 Å². The van der Waals surface area contributed by atoms with Crippen molar-refractivity contribution in [2.45, 2.75) is 38.3 Å². The maximum absolute atomic E-state index is 12.8. The van der Waals surface area contributed by atoms with Crippen LogP contribution in [-0.2, 0) is 11.0 Å². The van der Waals surface area contributed by atoms with Crippen LogP contribution in [0.15, 0.2) is 60.2 Å². The molecule has 0 radical (unpaired) electrons. The zero-order valence-corrected chi connectivity index (χ0v) is 17.6. The number of allylic oxidation sites excluding steroid dienone is 1. The SMILES string of the molecule is O=C(CNc1cccc(C(=O)Nc2cccc(C(F)(F)F)c2)c1)NCCC1=CCCCC1. The third-order valence-corrected chi connectivity index (χ3v) is 5.18. The summed E-state index contributed by atoms with van der Waals surface area (Å²) in [7, 11) is 0.